The highest BCUT2D eigenvalue weighted by molar-refractivity contribution is 7.91. The summed E-state index contributed by atoms with van der Waals surface area (Å²) in [6.45, 7) is 2.81. The van der Waals surface area contributed by atoms with Gasteiger partial charge in [-0.3, -0.25) is 0 Å². The third-order valence-electron chi connectivity index (χ3n) is 5.13. The molecule has 6 heteroatoms. The molecule has 3 atom stereocenters. The second-order valence-electron chi connectivity index (χ2n) is 7.12. The minimum atomic E-state index is -2.94. The Morgan fingerprint density at radius 3 is 2.75 bits per heavy atom. The summed E-state index contributed by atoms with van der Waals surface area (Å²) >= 11 is 6.00. The van der Waals surface area contributed by atoms with E-state index >= 15 is 0 Å². The fraction of sp³-hybridized carbons (Fsp3) is 0.667. The first-order valence-corrected chi connectivity index (χ1v) is 11.0. The maximum atomic E-state index is 11.9. The molecule has 2 aliphatic heterocycles. The van der Waals surface area contributed by atoms with Gasteiger partial charge in [-0.05, 0) is 43.4 Å². The maximum absolute atomic E-state index is 11.9. The zero-order valence-corrected chi connectivity index (χ0v) is 15.7. The van der Waals surface area contributed by atoms with Crippen molar-refractivity contribution in [2.24, 2.45) is 0 Å². The van der Waals surface area contributed by atoms with Gasteiger partial charge in [0.15, 0.2) is 9.84 Å². The molecule has 0 saturated carbocycles. The van der Waals surface area contributed by atoms with Gasteiger partial charge in [0.1, 0.15) is 0 Å². The Morgan fingerprint density at radius 2 is 2.12 bits per heavy atom. The summed E-state index contributed by atoms with van der Waals surface area (Å²) in [6, 6.07) is 8.56. The molecule has 24 heavy (non-hydrogen) atoms. The molecule has 134 valence electrons. The Kier molecular flexibility index (Phi) is 5.55. The van der Waals surface area contributed by atoms with E-state index in [9.17, 15) is 8.42 Å². The van der Waals surface area contributed by atoms with Crippen molar-refractivity contribution in [1.82, 2.24) is 5.32 Å². The number of benzene rings is 1. The van der Waals surface area contributed by atoms with Crippen LogP contribution in [0.3, 0.4) is 0 Å². The van der Waals surface area contributed by atoms with Gasteiger partial charge < -0.3 is 10.1 Å². The molecular formula is C18H26ClNO3S. The van der Waals surface area contributed by atoms with Gasteiger partial charge in [0.2, 0.25) is 0 Å². The van der Waals surface area contributed by atoms with Gasteiger partial charge >= 0.3 is 0 Å². The SMILES string of the molecule is CCCC(NC1CCOC2(CCS(=O)(=O)C2)C1)c1ccc(Cl)cc1. The van der Waals surface area contributed by atoms with Crippen molar-refractivity contribution in [1.29, 1.82) is 0 Å². The molecule has 1 aromatic carbocycles. The molecule has 0 amide bonds. The summed E-state index contributed by atoms with van der Waals surface area (Å²) in [5.74, 6) is 0.437. The average molecular weight is 372 g/mol. The molecule has 0 bridgehead atoms. The standard InChI is InChI=1S/C18H26ClNO3S/c1-2-3-17(14-4-6-15(19)7-5-14)20-16-8-10-23-18(12-16)9-11-24(21,22)13-18/h4-7,16-17,20H,2-3,8-13H2,1H3. The molecule has 0 aromatic heterocycles. The summed E-state index contributed by atoms with van der Waals surface area (Å²) in [5, 5.41) is 4.50. The number of ether oxygens (including phenoxy) is 1. The monoisotopic (exact) mass is 371 g/mol. The van der Waals surface area contributed by atoms with Crippen molar-refractivity contribution in [3.05, 3.63) is 34.9 Å². The third-order valence-corrected chi connectivity index (χ3v) is 7.18. The van der Waals surface area contributed by atoms with Crippen LogP contribution in [-0.2, 0) is 14.6 Å². The van der Waals surface area contributed by atoms with E-state index < -0.39 is 15.4 Å². The normalized spacial score (nSPS) is 30.5. The van der Waals surface area contributed by atoms with Gasteiger partial charge in [-0.15, -0.1) is 0 Å². The minimum absolute atomic E-state index is 0.178. The second kappa shape index (κ2) is 7.32. The van der Waals surface area contributed by atoms with Crippen LogP contribution in [0, 0.1) is 0 Å². The first kappa shape index (κ1) is 18.2. The molecule has 1 spiro atoms. The van der Waals surface area contributed by atoms with Crippen LogP contribution in [0.25, 0.3) is 0 Å². The van der Waals surface area contributed by atoms with Gasteiger partial charge in [0, 0.05) is 23.7 Å². The number of hydrogen-bond acceptors (Lipinski definition) is 4. The van der Waals surface area contributed by atoms with E-state index in [2.05, 4.69) is 24.4 Å². The van der Waals surface area contributed by atoms with E-state index in [0.29, 0.717) is 19.1 Å². The summed E-state index contributed by atoms with van der Waals surface area (Å²) in [7, 11) is -2.94. The van der Waals surface area contributed by atoms with Gasteiger partial charge in [-0.1, -0.05) is 37.1 Å². The molecule has 3 rings (SSSR count). The smallest absolute Gasteiger partial charge is 0.153 e. The van der Waals surface area contributed by atoms with Crippen molar-refractivity contribution < 1.29 is 13.2 Å². The van der Waals surface area contributed by atoms with Crippen LogP contribution in [-0.4, -0.2) is 38.2 Å². The topological polar surface area (TPSA) is 55.4 Å². The van der Waals surface area contributed by atoms with Crippen molar-refractivity contribution >= 4 is 21.4 Å². The quantitative estimate of drug-likeness (QED) is 0.860. The van der Waals surface area contributed by atoms with Crippen LogP contribution >= 0.6 is 11.6 Å². The predicted molar refractivity (Wildman–Crippen MR) is 97.2 cm³/mol. The molecule has 2 saturated heterocycles. The van der Waals surface area contributed by atoms with Crippen LogP contribution in [0.2, 0.25) is 5.02 Å². The molecule has 1 aromatic rings. The van der Waals surface area contributed by atoms with E-state index in [-0.39, 0.29) is 17.5 Å². The lowest BCUT2D eigenvalue weighted by Crippen LogP contribution is -2.48. The lowest BCUT2D eigenvalue weighted by molar-refractivity contribution is -0.0718. The Labute approximate surface area is 149 Å². The second-order valence-corrected chi connectivity index (χ2v) is 9.74. The Bertz CT molecular complexity index is 661. The Morgan fingerprint density at radius 1 is 1.38 bits per heavy atom. The van der Waals surface area contributed by atoms with E-state index in [1.165, 1.54) is 5.56 Å². The highest BCUT2D eigenvalue weighted by Gasteiger charge is 2.46. The zero-order chi connectivity index (χ0) is 17.2. The van der Waals surface area contributed by atoms with E-state index in [0.717, 1.165) is 30.7 Å². The molecule has 2 heterocycles. The molecule has 2 fully saturated rings. The third kappa shape index (κ3) is 4.31. The van der Waals surface area contributed by atoms with E-state index in [1.54, 1.807) is 0 Å². The van der Waals surface area contributed by atoms with Gasteiger partial charge in [-0.2, -0.15) is 0 Å². The minimum Gasteiger partial charge on any atom is -0.374 e. The average Bonchev–Trinajstić information content (AvgIpc) is 2.82. The molecule has 0 radical (unpaired) electrons. The van der Waals surface area contributed by atoms with Gasteiger partial charge in [0.05, 0.1) is 17.1 Å². The largest absolute Gasteiger partial charge is 0.374 e. The molecule has 3 unspecified atom stereocenters. The Hall–Kier alpha value is -0.620. The van der Waals surface area contributed by atoms with Crippen molar-refractivity contribution in [3.63, 3.8) is 0 Å². The van der Waals surface area contributed by atoms with Gasteiger partial charge in [0.25, 0.3) is 0 Å². The lowest BCUT2D eigenvalue weighted by Gasteiger charge is -2.39. The highest BCUT2D eigenvalue weighted by atomic mass is 35.5. The molecule has 1 N–H and O–H groups in total. The molecule has 0 aliphatic carbocycles. The summed E-state index contributed by atoms with van der Waals surface area (Å²) in [5.41, 5.74) is 0.770. The number of rotatable bonds is 5. The summed E-state index contributed by atoms with van der Waals surface area (Å²) in [4.78, 5) is 0. The highest BCUT2D eigenvalue weighted by Crippen LogP contribution is 2.36. The van der Waals surface area contributed by atoms with Crippen LogP contribution in [0.4, 0.5) is 0 Å². The van der Waals surface area contributed by atoms with Crippen molar-refractivity contribution in [3.8, 4) is 0 Å². The number of nitrogens with one attached hydrogen (secondary N) is 1. The number of hydrogen-bond donors (Lipinski definition) is 1. The summed E-state index contributed by atoms with van der Waals surface area (Å²) < 4.78 is 29.7. The van der Waals surface area contributed by atoms with E-state index in [1.807, 2.05) is 12.1 Å². The maximum Gasteiger partial charge on any atom is 0.153 e. The first-order valence-electron chi connectivity index (χ1n) is 8.77. The Balaban J connectivity index is 1.69. The molecular weight excluding hydrogens is 346 g/mol. The zero-order valence-electron chi connectivity index (χ0n) is 14.1. The number of halogens is 1. The molecule has 4 nitrogen and oxygen atoms in total. The molecule has 2 aliphatic rings. The van der Waals surface area contributed by atoms with Crippen molar-refractivity contribution in [2.75, 3.05) is 18.1 Å². The van der Waals surface area contributed by atoms with Crippen LogP contribution in [0.15, 0.2) is 24.3 Å². The summed E-state index contributed by atoms with van der Waals surface area (Å²) in [6.07, 6.45) is 4.47. The van der Waals surface area contributed by atoms with Crippen LogP contribution in [0.1, 0.15) is 50.6 Å². The first-order chi connectivity index (χ1) is 11.4. The fourth-order valence-electron chi connectivity index (χ4n) is 3.95. The fourth-order valence-corrected chi connectivity index (χ4v) is 6.05. The van der Waals surface area contributed by atoms with Crippen molar-refractivity contribution in [2.45, 2.75) is 56.7 Å². The lowest BCUT2D eigenvalue weighted by atomic mass is 9.88. The predicted octanol–water partition coefficient (Wildman–Crippen LogP) is 3.51. The number of sulfone groups is 1. The van der Waals surface area contributed by atoms with E-state index in [4.69, 9.17) is 16.3 Å². The van der Waals surface area contributed by atoms with Gasteiger partial charge in [-0.25, -0.2) is 8.42 Å². The van der Waals surface area contributed by atoms with Crippen LogP contribution in [0.5, 0.6) is 0 Å². The van der Waals surface area contributed by atoms with Crippen LogP contribution < -0.4 is 5.32 Å².